The summed E-state index contributed by atoms with van der Waals surface area (Å²) in [7, 11) is 0. The lowest BCUT2D eigenvalue weighted by Gasteiger charge is -2.20. The molecule has 4 heteroatoms. The van der Waals surface area contributed by atoms with Crippen LogP contribution in [0.4, 0.5) is 0 Å². The second kappa shape index (κ2) is 6.47. The summed E-state index contributed by atoms with van der Waals surface area (Å²) >= 11 is 1.73. The molecular formula is C13H23N3S. The Morgan fingerprint density at radius 1 is 1.47 bits per heavy atom. The molecule has 0 spiro atoms. The van der Waals surface area contributed by atoms with Gasteiger partial charge in [0.1, 0.15) is 0 Å². The Labute approximate surface area is 108 Å². The van der Waals surface area contributed by atoms with E-state index >= 15 is 0 Å². The van der Waals surface area contributed by atoms with Gasteiger partial charge in [-0.15, -0.1) is 11.3 Å². The summed E-state index contributed by atoms with van der Waals surface area (Å²) < 4.78 is 0. The van der Waals surface area contributed by atoms with Crippen LogP contribution in [0.3, 0.4) is 0 Å². The van der Waals surface area contributed by atoms with Gasteiger partial charge < -0.3 is 10.2 Å². The van der Waals surface area contributed by atoms with Crippen molar-refractivity contribution in [1.82, 2.24) is 15.2 Å². The van der Waals surface area contributed by atoms with Crippen molar-refractivity contribution in [1.29, 1.82) is 0 Å². The number of thiazole rings is 1. The first kappa shape index (κ1) is 13.0. The first-order valence-corrected chi connectivity index (χ1v) is 7.46. The standard InChI is InChI=1S/C13H23N3S/c1-11(9-16-5-3-4-6-16)7-14-8-13-10-17-12(2)15-13/h10-11,14H,3-9H2,1-2H3. The van der Waals surface area contributed by atoms with Crippen LogP contribution in [0.1, 0.15) is 30.5 Å². The average molecular weight is 253 g/mol. The number of hydrogen-bond donors (Lipinski definition) is 1. The zero-order valence-electron chi connectivity index (χ0n) is 10.9. The number of likely N-dealkylation sites (tertiary alicyclic amines) is 1. The smallest absolute Gasteiger partial charge is 0.0897 e. The third-order valence-electron chi connectivity index (χ3n) is 3.23. The van der Waals surface area contributed by atoms with E-state index in [4.69, 9.17) is 0 Å². The van der Waals surface area contributed by atoms with Crippen LogP contribution in [0.15, 0.2) is 5.38 Å². The third kappa shape index (κ3) is 4.37. The van der Waals surface area contributed by atoms with Crippen LogP contribution in [0.25, 0.3) is 0 Å². The molecule has 0 aliphatic carbocycles. The molecule has 1 unspecified atom stereocenters. The van der Waals surface area contributed by atoms with Crippen molar-refractivity contribution in [3.05, 3.63) is 16.1 Å². The fraction of sp³-hybridized carbons (Fsp3) is 0.769. The molecule has 1 atom stereocenters. The van der Waals surface area contributed by atoms with Gasteiger partial charge in [-0.3, -0.25) is 0 Å². The van der Waals surface area contributed by atoms with Crippen molar-refractivity contribution in [2.75, 3.05) is 26.2 Å². The molecule has 17 heavy (non-hydrogen) atoms. The minimum atomic E-state index is 0.729. The van der Waals surface area contributed by atoms with Crippen LogP contribution >= 0.6 is 11.3 Å². The molecule has 2 rings (SSSR count). The van der Waals surface area contributed by atoms with E-state index in [2.05, 4.69) is 34.4 Å². The summed E-state index contributed by atoms with van der Waals surface area (Å²) in [5.74, 6) is 0.729. The lowest BCUT2D eigenvalue weighted by Crippen LogP contribution is -2.31. The highest BCUT2D eigenvalue weighted by Gasteiger charge is 2.14. The second-order valence-corrected chi connectivity index (χ2v) is 6.16. The van der Waals surface area contributed by atoms with Crippen molar-refractivity contribution in [3.8, 4) is 0 Å². The molecule has 96 valence electrons. The zero-order chi connectivity index (χ0) is 12.1. The molecule has 2 heterocycles. The first-order chi connectivity index (χ1) is 8.24. The topological polar surface area (TPSA) is 28.2 Å². The SMILES string of the molecule is Cc1nc(CNCC(C)CN2CCCC2)cs1. The Kier molecular flexibility index (Phi) is 4.95. The highest BCUT2D eigenvalue weighted by atomic mass is 32.1. The molecule has 0 aromatic carbocycles. The molecule has 0 amide bonds. The normalized spacial score (nSPS) is 18.7. The molecule has 1 saturated heterocycles. The minimum absolute atomic E-state index is 0.729. The van der Waals surface area contributed by atoms with Gasteiger partial charge in [0.25, 0.3) is 0 Å². The quantitative estimate of drug-likeness (QED) is 0.843. The Hall–Kier alpha value is -0.450. The number of aryl methyl sites for hydroxylation is 1. The summed E-state index contributed by atoms with van der Waals surface area (Å²) in [6.45, 7) is 10.2. The van der Waals surface area contributed by atoms with E-state index in [9.17, 15) is 0 Å². The predicted molar refractivity (Wildman–Crippen MR) is 73.4 cm³/mol. The van der Waals surface area contributed by atoms with Gasteiger partial charge in [0.05, 0.1) is 10.7 Å². The predicted octanol–water partition coefficient (Wildman–Crippen LogP) is 2.27. The number of nitrogens with zero attached hydrogens (tertiary/aromatic N) is 2. The molecule has 3 nitrogen and oxygen atoms in total. The van der Waals surface area contributed by atoms with E-state index in [0.29, 0.717) is 0 Å². The second-order valence-electron chi connectivity index (χ2n) is 5.10. The third-order valence-corrected chi connectivity index (χ3v) is 4.06. The van der Waals surface area contributed by atoms with Gasteiger partial charge >= 0.3 is 0 Å². The largest absolute Gasteiger partial charge is 0.311 e. The Bertz CT molecular complexity index is 331. The Morgan fingerprint density at radius 3 is 2.88 bits per heavy atom. The van der Waals surface area contributed by atoms with Crippen LogP contribution < -0.4 is 5.32 Å². The number of nitrogens with one attached hydrogen (secondary N) is 1. The maximum Gasteiger partial charge on any atom is 0.0897 e. The zero-order valence-corrected chi connectivity index (χ0v) is 11.7. The average Bonchev–Trinajstić information content (AvgIpc) is 2.90. The minimum Gasteiger partial charge on any atom is -0.311 e. The van der Waals surface area contributed by atoms with E-state index in [0.717, 1.165) is 24.0 Å². The highest BCUT2D eigenvalue weighted by Crippen LogP contribution is 2.10. The van der Waals surface area contributed by atoms with Gasteiger partial charge in [0.2, 0.25) is 0 Å². The Balaban J connectivity index is 1.60. The van der Waals surface area contributed by atoms with Crippen LogP contribution in [-0.2, 0) is 6.54 Å². The molecular weight excluding hydrogens is 230 g/mol. The van der Waals surface area contributed by atoms with Gasteiger partial charge in [-0.2, -0.15) is 0 Å². The molecule has 0 bridgehead atoms. The van der Waals surface area contributed by atoms with Gasteiger partial charge in [-0.1, -0.05) is 6.92 Å². The molecule has 1 aromatic rings. The van der Waals surface area contributed by atoms with Gasteiger partial charge in [-0.05, 0) is 45.3 Å². The summed E-state index contributed by atoms with van der Waals surface area (Å²) in [5.41, 5.74) is 1.18. The van der Waals surface area contributed by atoms with Crippen molar-refractivity contribution in [2.45, 2.75) is 33.2 Å². The van der Waals surface area contributed by atoms with Crippen LogP contribution in [-0.4, -0.2) is 36.1 Å². The summed E-state index contributed by atoms with van der Waals surface area (Å²) in [5, 5.41) is 6.81. The molecule has 1 fully saturated rings. The van der Waals surface area contributed by atoms with E-state index < -0.39 is 0 Å². The highest BCUT2D eigenvalue weighted by molar-refractivity contribution is 7.09. The molecule has 1 aliphatic heterocycles. The van der Waals surface area contributed by atoms with Crippen molar-refractivity contribution in [2.24, 2.45) is 5.92 Å². The number of rotatable bonds is 6. The Morgan fingerprint density at radius 2 is 2.24 bits per heavy atom. The number of hydrogen-bond acceptors (Lipinski definition) is 4. The van der Waals surface area contributed by atoms with Crippen LogP contribution in [0.2, 0.25) is 0 Å². The summed E-state index contributed by atoms with van der Waals surface area (Å²) in [6.07, 6.45) is 2.77. The molecule has 1 aromatic heterocycles. The lowest BCUT2D eigenvalue weighted by molar-refractivity contribution is 0.282. The fourth-order valence-electron chi connectivity index (χ4n) is 2.41. The van der Waals surface area contributed by atoms with E-state index in [1.165, 1.54) is 38.2 Å². The van der Waals surface area contributed by atoms with E-state index in [1.54, 1.807) is 11.3 Å². The summed E-state index contributed by atoms with van der Waals surface area (Å²) in [6, 6.07) is 0. The molecule has 1 N–H and O–H groups in total. The van der Waals surface area contributed by atoms with Crippen molar-refractivity contribution in [3.63, 3.8) is 0 Å². The lowest BCUT2D eigenvalue weighted by atomic mass is 10.1. The summed E-state index contributed by atoms with van der Waals surface area (Å²) in [4.78, 5) is 7.04. The van der Waals surface area contributed by atoms with Crippen molar-refractivity contribution >= 4 is 11.3 Å². The first-order valence-electron chi connectivity index (χ1n) is 6.58. The van der Waals surface area contributed by atoms with Gasteiger partial charge in [0.15, 0.2) is 0 Å². The molecule has 1 aliphatic rings. The van der Waals surface area contributed by atoms with Gasteiger partial charge in [-0.25, -0.2) is 4.98 Å². The molecule has 0 saturated carbocycles. The monoisotopic (exact) mass is 253 g/mol. The molecule has 0 radical (unpaired) electrons. The van der Waals surface area contributed by atoms with Crippen LogP contribution in [0.5, 0.6) is 0 Å². The van der Waals surface area contributed by atoms with Crippen LogP contribution in [0, 0.1) is 12.8 Å². The van der Waals surface area contributed by atoms with E-state index in [1.807, 2.05) is 0 Å². The maximum atomic E-state index is 4.46. The van der Waals surface area contributed by atoms with Gasteiger partial charge in [0, 0.05) is 18.5 Å². The maximum absolute atomic E-state index is 4.46. The van der Waals surface area contributed by atoms with Crippen molar-refractivity contribution < 1.29 is 0 Å². The van der Waals surface area contributed by atoms with E-state index in [-0.39, 0.29) is 0 Å². The fourth-order valence-corrected chi connectivity index (χ4v) is 3.02. The number of aromatic nitrogens is 1.